The van der Waals surface area contributed by atoms with E-state index in [-0.39, 0.29) is 23.6 Å². The SMILES string of the molecule is Cc1ccccc1C1(NC(=O)CCn2cc([N+](=O)[O-])cn2)CCC1. The molecule has 1 N–H and O–H groups in total. The molecule has 0 atom stereocenters. The summed E-state index contributed by atoms with van der Waals surface area (Å²) in [6.45, 7) is 2.38. The number of rotatable bonds is 6. The molecule has 3 rings (SSSR count). The van der Waals surface area contributed by atoms with E-state index >= 15 is 0 Å². The van der Waals surface area contributed by atoms with Crippen LogP contribution in [0.4, 0.5) is 5.69 Å². The maximum atomic E-state index is 12.4. The summed E-state index contributed by atoms with van der Waals surface area (Å²) >= 11 is 0. The van der Waals surface area contributed by atoms with Gasteiger partial charge in [-0.25, -0.2) is 0 Å². The maximum absolute atomic E-state index is 12.4. The Kier molecular flexibility index (Phi) is 4.33. The van der Waals surface area contributed by atoms with Crippen LogP contribution >= 0.6 is 0 Å². The molecule has 0 radical (unpaired) electrons. The summed E-state index contributed by atoms with van der Waals surface area (Å²) in [5, 5.41) is 17.7. The van der Waals surface area contributed by atoms with Crippen molar-refractivity contribution in [1.29, 1.82) is 0 Å². The molecule has 0 aliphatic heterocycles. The van der Waals surface area contributed by atoms with Crippen LogP contribution in [0.3, 0.4) is 0 Å². The molecule has 0 unspecified atom stereocenters. The molecule has 1 amide bonds. The first-order valence-corrected chi connectivity index (χ1v) is 8.04. The maximum Gasteiger partial charge on any atom is 0.306 e. The molecule has 1 aliphatic rings. The molecular formula is C17H20N4O3. The third-order valence-corrected chi connectivity index (χ3v) is 4.64. The number of nitro groups is 1. The van der Waals surface area contributed by atoms with Gasteiger partial charge in [-0.3, -0.25) is 19.6 Å². The van der Waals surface area contributed by atoms with Gasteiger partial charge in [0.1, 0.15) is 12.4 Å². The van der Waals surface area contributed by atoms with Crippen LogP contribution in [0.2, 0.25) is 0 Å². The minimum atomic E-state index is -0.495. The number of hydrogen-bond acceptors (Lipinski definition) is 4. The molecule has 7 nitrogen and oxygen atoms in total. The van der Waals surface area contributed by atoms with Crippen molar-refractivity contribution in [2.45, 2.75) is 44.7 Å². The molecule has 1 aliphatic carbocycles. The summed E-state index contributed by atoms with van der Waals surface area (Å²) in [7, 11) is 0. The average molecular weight is 328 g/mol. The molecule has 1 fully saturated rings. The number of amides is 1. The van der Waals surface area contributed by atoms with Crippen LogP contribution < -0.4 is 5.32 Å². The van der Waals surface area contributed by atoms with Crippen molar-refractivity contribution >= 4 is 11.6 Å². The lowest BCUT2D eigenvalue weighted by Gasteiger charge is -2.44. The molecule has 0 bridgehead atoms. The molecule has 1 aromatic heterocycles. The van der Waals surface area contributed by atoms with Crippen LogP contribution in [0.1, 0.15) is 36.8 Å². The van der Waals surface area contributed by atoms with Gasteiger partial charge < -0.3 is 5.32 Å². The Morgan fingerprint density at radius 2 is 2.17 bits per heavy atom. The van der Waals surface area contributed by atoms with Gasteiger partial charge in [-0.2, -0.15) is 5.10 Å². The zero-order valence-corrected chi connectivity index (χ0v) is 13.6. The van der Waals surface area contributed by atoms with Gasteiger partial charge in [0, 0.05) is 13.0 Å². The topological polar surface area (TPSA) is 90.1 Å². The van der Waals surface area contributed by atoms with E-state index in [1.807, 2.05) is 12.1 Å². The molecule has 7 heteroatoms. The van der Waals surface area contributed by atoms with Crippen molar-refractivity contribution in [2.24, 2.45) is 0 Å². The molecule has 1 saturated carbocycles. The van der Waals surface area contributed by atoms with Crippen LogP contribution in [0.25, 0.3) is 0 Å². The number of nitrogens with zero attached hydrogens (tertiary/aromatic N) is 3. The van der Waals surface area contributed by atoms with Crippen LogP contribution in [0, 0.1) is 17.0 Å². The van der Waals surface area contributed by atoms with Crippen LogP contribution in [0.15, 0.2) is 36.7 Å². The first kappa shape index (κ1) is 16.2. The molecular weight excluding hydrogens is 308 g/mol. The standard InChI is InChI=1S/C17H20N4O3/c1-13-5-2-3-6-15(13)17(8-4-9-17)19-16(22)7-10-20-12-14(11-18-20)21(23)24/h2-3,5-6,11-12H,4,7-10H2,1H3,(H,19,22). The number of hydrogen-bond donors (Lipinski definition) is 1. The highest BCUT2D eigenvalue weighted by Gasteiger charge is 2.40. The summed E-state index contributed by atoms with van der Waals surface area (Å²) in [5.41, 5.74) is 2.03. The summed E-state index contributed by atoms with van der Waals surface area (Å²) in [6.07, 6.45) is 5.76. The lowest BCUT2D eigenvalue weighted by Crippen LogP contribution is -2.51. The number of nitrogens with one attached hydrogen (secondary N) is 1. The highest BCUT2D eigenvalue weighted by atomic mass is 16.6. The van der Waals surface area contributed by atoms with Gasteiger partial charge in [-0.05, 0) is 37.3 Å². The number of carbonyl (C=O) groups excluding carboxylic acids is 1. The smallest absolute Gasteiger partial charge is 0.306 e. The van der Waals surface area contributed by atoms with E-state index in [1.54, 1.807) is 0 Å². The summed E-state index contributed by atoms with van der Waals surface area (Å²) in [5.74, 6) is -0.0592. The first-order valence-electron chi connectivity index (χ1n) is 8.04. The van der Waals surface area contributed by atoms with E-state index < -0.39 is 4.92 Å². The van der Waals surface area contributed by atoms with Crippen molar-refractivity contribution in [2.75, 3.05) is 0 Å². The predicted octanol–water partition coefficient (Wildman–Crippen LogP) is 2.69. The zero-order valence-electron chi connectivity index (χ0n) is 13.6. The van der Waals surface area contributed by atoms with Gasteiger partial charge >= 0.3 is 5.69 Å². The molecule has 126 valence electrons. The molecule has 0 saturated heterocycles. The average Bonchev–Trinajstić information content (AvgIpc) is 2.99. The van der Waals surface area contributed by atoms with Crippen molar-refractivity contribution in [3.63, 3.8) is 0 Å². The molecule has 1 aromatic carbocycles. The molecule has 1 heterocycles. The Morgan fingerprint density at radius 3 is 2.75 bits per heavy atom. The van der Waals surface area contributed by atoms with E-state index in [4.69, 9.17) is 0 Å². The lowest BCUT2D eigenvalue weighted by molar-refractivity contribution is -0.385. The second-order valence-corrected chi connectivity index (χ2v) is 6.27. The Hall–Kier alpha value is -2.70. The second kappa shape index (κ2) is 6.43. The number of carbonyl (C=O) groups is 1. The van der Waals surface area contributed by atoms with Gasteiger partial charge in [0.25, 0.3) is 0 Å². The van der Waals surface area contributed by atoms with Crippen molar-refractivity contribution < 1.29 is 9.72 Å². The molecule has 2 aromatic rings. The fraction of sp³-hybridized carbons (Fsp3) is 0.412. The Labute approximate surface area is 139 Å². The first-order chi connectivity index (χ1) is 11.5. The monoisotopic (exact) mass is 328 g/mol. The van der Waals surface area contributed by atoms with Gasteiger partial charge in [0.2, 0.25) is 5.91 Å². The highest BCUT2D eigenvalue weighted by molar-refractivity contribution is 5.77. The summed E-state index contributed by atoms with van der Waals surface area (Å²) in [6, 6.07) is 8.13. The van der Waals surface area contributed by atoms with Gasteiger partial charge in [0.05, 0.1) is 10.5 Å². The van der Waals surface area contributed by atoms with Crippen LogP contribution in [0.5, 0.6) is 0 Å². The fourth-order valence-corrected chi connectivity index (χ4v) is 3.22. The van der Waals surface area contributed by atoms with E-state index in [1.165, 1.54) is 28.2 Å². The Bertz CT molecular complexity index is 765. The predicted molar refractivity (Wildman–Crippen MR) is 88.3 cm³/mol. The highest BCUT2D eigenvalue weighted by Crippen LogP contribution is 2.42. The van der Waals surface area contributed by atoms with Crippen molar-refractivity contribution in [1.82, 2.24) is 15.1 Å². The number of benzene rings is 1. The summed E-state index contributed by atoms with van der Waals surface area (Å²) in [4.78, 5) is 22.5. The third kappa shape index (κ3) is 3.15. The van der Waals surface area contributed by atoms with Gasteiger partial charge in [0.15, 0.2) is 0 Å². The zero-order chi connectivity index (χ0) is 17.2. The normalized spacial score (nSPS) is 15.5. The lowest BCUT2D eigenvalue weighted by atomic mass is 9.70. The van der Waals surface area contributed by atoms with Gasteiger partial charge in [-0.1, -0.05) is 24.3 Å². The molecule has 0 spiro atoms. The van der Waals surface area contributed by atoms with Crippen molar-refractivity contribution in [3.05, 3.63) is 57.9 Å². The largest absolute Gasteiger partial charge is 0.347 e. The van der Waals surface area contributed by atoms with E-state index in [9.17, 15) is 14.9 Å². The van der Waals surface area contributed by atoms with Crippen LogP contribution in [-0.4, -0.2) is 20.6 Å². The van der Waals surface area contributed by atoms with Gasteiger partial charge in [-0.15, -0.1) is 0 Å². The van der Waals surface area contributed by atoms with E-state index in [0.29, 0.717) is 6.54 Å². The fourth-order valence-electron chi connectivity index (χ4n) is 3.22. The molecule has 24 heavy (non-hydrogen) atoms. The Morgan fingerprint density at radius 1 is 1.42 bits per heavy atom. The minimum Gasteiger partial charge on any atom is -0.347 e. The number of aromatic nitrogens is 2. The van der Waals surface area contributed by atoms with Crippen molar-refractivity contribution in [3.8, 4) is 0 Å². The van der Waals surface area contributed by atoms with E-state index in [0.717, 1.165) is 19.3 Å². The minimum absolute atomic E-state index is 0.0592. The summed E-state index contributed by atoms with van der Waals surface area (Å²) < 4.78 is 1.43. The second-order valence-electron chi connectivity index (χ2n) is 6.27. The Balaban J connectivity index is 1.63. The number of aryl methyl sites for hydroxylation is 2. The van der Waals surface area contributed by atoms with Crippen LogP contribution in [-0.2, 0) is 16.9 Å². The van der Waals surface area contributed by atoms with E-state index in [2.05, 4.69) is 29.5 Å². The quantitative estimate of drug-likeness (QED) is 0.652. The third-order valence-electron chi connectivity index (χ3n) is 4.64.